The molecule has 1 saturated heterocycles. The Balaban J connectivity index is 1.45. The van der Waals surface area contributed by atoms with E-state index in [1.54, 1.807) is 6.07 Å². The first-order valence-corrected chi connectivity index (χ1v) is 8.63. The van der Waals surface area contributed by atoms with E-state index in [1.165, 1.54) is 18.9 Å². The van der Waals surface area contributed by atoms with Crippen molar-refractivity contribution in [2.45, 2.75) is 63.3 Å². The van der Waals surface area contributed by atoms with Crippen LogP contribution in [0.4, 0.5) is 4.39 Å². The molecule has 0 bridgehead atoms. The summed E-state index contributed by atoms with van der Waals surface area (Å²) in [7, 11) is 0. The summed E-state index contributed by atoms with van der Waals surface area (Å²) in [6, 6.07) is 7.79. The van der Waals surface area contributed by atoms with Crippen LogP contribution in [0.3, 0.4) is 0 Å². The topological polar surface area (TPSA) is 35.5 Å². The van der Waals surface area contributed by atoms with Gasteiger partial charge in [-0.05, 0) is 31.7 Å². The summed E-state index contributed by atoms with van der Waals surface area (Å²) in [6.07, 6.45) is 6.52. The number of hydrogen-bond donors (Lipinski definition) is 2. The molecular weight excluding hydrogens is 279 g/mol. The van der Waals surface area contributed by atoms with Gasteiger partial charge in [-0.1, -0.05) is 31.0 Å². The minimum Gasteiger partial charge on any atom is -0.391 e. The first-order chi connectivity index (χ1) is 10.7. The van der Waals surface area contributed by atoms with E-state index in [0.29, 0.717) is 18.6 Å². The van der Waals surface area contributed by atoms with Crippen molar-refractivity contribution in [1.82, 2.24) is 10.2 Å². The Morgan fingerprint density at radius 1 is 1.09 bits per heavy atom. The zero-order valence-corrected chi connectivity index (χ0v) is 13.2. The number of hydrogen-bond acceptors (Lipinski definition) is 3. The first-order valence-electron chi connectivity index (χ1n) is 8.63. The Labute approximate surface area is 132 Å². The molecule has 0 spiro atoms. The van der Waals surface area contributed by atoms with Crippen molar-refractivity contribution < 1.29 is 9.50 Å². The van der Waals surface area contributed by atoms with Gasteiger partial charge in [0.15, 0.2) is 0 Å². The van der Waals surface area contributed by atoms with Gasteiger partial charge in [0.25, 0.3) is 0 Å². The third-order valence-corrected chi connectivity index (χ3v) is 5.23. The second-order valence-electron chi connectivity index (χ2n) is 6.70. The van der Waals surface area contributed by atoms with Gasteiger partial charge < -0.3 is 10.4 Å². The van der Waals surface area contributed by atoms with Gasteiger partial charge in [0, 0.05) is 37.3 Å². The fraction of sp³-hybridized carbons (Fsp3) is 0.667. The third-order valence-electron chi connectivity index (χ3n) is 5.23. The van der Waals surface area contributed by atoms with Crippen molar-refractivity contribution in [3.63, 3.8) is 0 Å². The van der Waals surface area contributed by atoms with Crippen LogP contribution in [0.5, 0.6) is 0 Å². The number of likely N-dealkylation sites (tertiary alicyclic amines) is 1. The van der Waals surface area contributed by atoms with Gasteiger partial charge in [-0.15, -0.1) is 0 Å². The zero-order valence-electron chi connectivity index (χ0n) is 13.2. The lowest BCUT2D eigenvalue weighted by molar-refractivity contribution is 0.00712. The number of nitrogens with one attached hydrogen (secondary N) is 1. The lowest BCUT2D eigenvalue weighted by Gasteiger charge is -2.41. The largest absolute Gasteiger partial charge is 0.391 e. The summed E-state index contributed by atoms with van der Waals surface area (Å²) in [4.78, 5) is 2.46. The van der Waals surface area contributed by atoms with Gasteiger partial charge in [-0.2, -0.15) is 0 Å². The standard InChI is InChI=1S/C18H27FN2O/c19-16-6-2-1-5-14(16)13-20-15-9-11-21(12-10-15)17-7-3-4-8-18(17)22/h1-2,5-6,15,17-18,20,22H,3-4,7-13H2. The van der Waals surface area contributed by atoms with Crippen LogP contribution in [0.2, 0.25) is 0 Å². The maximum absolute atomic E-state index is 13.6. The minimum atomic E-state index is -0.142. The Bertz CT molecular complexity index is 474. The molecule has 1 aliphatic carbocycles. The van der Waals surface area contributed by atoms with Crippen LogP contribution in [0.15, 0.2) is 24.3 Å². The molecule has 1 heterocycles. The smallest absolute Gasteiger partial charge is 0.127 e. The first kappa shape index (κ1) is 15.9. The number of benzene rings is 1. The van der Waals surface area contributed by atoms with Crippen molar-refractivity contribution in [3.05, 3.63) is 35.6 Å². The van der Waals surface area contributed by atoms with Crippen LogP contribution >= 0.6 is 0 Å². The molecule has 1 aliphatic heterocycles. The summed E-state index contributed by atoms with van der Waals surface area (Å²) >= 11 is 0. The molecular formula is C18H27FN2O. The average Bonchev–Trinajstić information content (AvgIpc) is 2.55. The summed E-state index contributed by atoms with van der Waals surface area (Å²) in [5, 5.41) is 13.7. The highest BCUT2D eigenvalue weighted by Gasteiger charge is 2.31. The maximum atomic E-state index is 13.6. The fourth-order valence-electron chi connectivity index (χ4n) is 3.85. The van der Waals surface area contributed by atoms with Crippen molar-refractivity contribution in [3.8, 4) is 0 Å². The van der Waals surface area contributed by atoms with Gasteiger partial charge in [0.1, 0.15) is 5.82 Å². The van der Waals surface area contributed by atoms with Crippen molar-refractivity contribution >= 4 is 0 Å². The van der Waals surface area contributed by atoms with Crippen LogP contribution in [-0.2, 0) is 6.54 Å². The number of piperidine rings is 1. The molecule has 22 heavy (non-hydrogen) atoms. The predicted octanol–water partition coefficient (Wildman–Crippen LogP) is 2.68. The number of aliphatic hydroxyl groups is 1. The van der Waals surface area contributed by atoms with Crippen LogP contribution in [0.1, 0.15) is 44.1 Å². The monoisotopic (exact) mass is 306 g/mol. The van der Waals surface area contributed by atoms with E-state index in [1.807, 2.05) is 12.1 Å². The Hall–Kier alpha value is -0.970. The van der Waals surface area contributed by atoms with Crippen molar-refractivity contribution in [2.24, 2.45) is 0 Å². The molecule has 2 aliphatic rings. The molecule has 2 atom stereocenters. The van der Waals surface area contributed by atoms with Crippen LogP contribution < -0.4 is 5.32 Å². The number of nitrogens with zero attached hydrogens (tertiary/aromatic N) is 1. The molecule has 4 heteroatoms. The summed E-state index contributed by atoms with van der Waals surface area (Å²) in [6.45, 7) is 2.68. The molecule has 2 unspecified atom stereocenters. The summed E-state index contributed by atoms with van der Waals surface area (Å²) < 4.78 is 13.6. The highest BCUT2D eigenvalue weighted by atomic mass is 19.1. The Morgan fingerprint density at radius 3 is 2.55 bits per heavy atom. The molecule has 0 amide bonds. The Morgan fingerprint density at radius 2 is 1.82 bits per heavy atom. The summed E-state index contributed by atoms with van der Waals surface area (Å²) in [5.41, 5.74) is 0.743. The molecule has 3 rings (SSSR count). The van der Waals surface area contributed by atoms with E-state index in [0.717, 1.165) is 44.3 Å². The third kappa shape index (κ3) is 3.86. The molecule has 1 saturated carbocycles. The Kier molecular flexibility index (Phi) is 5.45. The predicted molar refractivity (Wildman–Crippen MR) is 86.1 cm³/mol. The normalized spacial score (nSPS) is 27.9. The minimum absolute atomic E-state index is 0.127. The molecule has 2 fully saturated rings. The zero-order chi connectivity index (χ0) is 15.4. The lowest BCUT2D eigenvalue weighted by Crippen LogP contribution is -2.51. The fourth-order valence-corrected chi connectivity index (χ4v) is 3.85. The van der Waals surface area contributed by atoms with Gasteiger partial charge >= 0.3 is 0 Å². The number of halogens is 1. The molecule has 122 valence electrons. The molecule has 1 aromatic rings. The highest BCUT2D eigenvalue weighted by molar-refractivity contribution is 5.17. The molecule has 0 aromatic heterocycles. The average molecular weight is 306 g/mol. The second-order valence-corrected chi connectivity index (χ2v) is 6.70. The van der Waals surface area contributed by atoms with Crippen molar-refractivity contribution in [2.75, 3.05) is 13.1 Å². The van der Waals surface area contributed by atoms with E-state index < -0.39 is 0 Å². The van der Waals surface area contributed by atoms with E-state index in [2.05, 4.69) is 10.2 Å². The molecule has 0 radical (unpaired) electrons. The quantitative estimate of drug-likeness (QED) is 0.898. The molecule has 2 N–H and O–H groups in total. The van der Waals surface area contributed by atoms with Crippen LogP contribution in [0.25, 0.3) is 0 Å². The van der Waals surface area contributed by atoms with E-state index >= 15 is 0 Å². The van der Waals surface area contributed by atoms with E-state index in [-0.39, 0.29) is 11.9 Å². The second kappa shape index (κ2) is 7.53. The number of aliphatic hydroxyl groups excluding tert-OH is 1. The van der Waals surface area contributed by atoms with E-state index in [4.69, 9.17) is 0 Å². The summed E-state index contributed by atoms with van der Waals surface area (Å²) in [5.74, 6) is -0.127. The van der Waals surface area contributed by atoms with Gasteiger partial charge in [0.05, 0.1) is 6.10 Å². The lowest BCUT2D eigenvalue weighted by atomic mass is 9.89. The molecule has 1 aromatic carbocycles. The van der Waals surface area contributed by atoms with Gasteiger partial charge in [-0.25, -0.2) is 4.39 Å². The number of rotatable bonds is 4. The highest BCUT2D eigenvalue weighted by Crippen LogP contribution is 2.26. The van der Waals surface area contributed by atoms with Gasteiger partial charge in [0.2, 0.25) is 0 Å². The van der Waals surface area contributed by atoms with Gasteiger partial charge in [-0.3, -0.25) is 4.90 Å². The van der Waals surface area contributed by atoms with Crippen LogP contribution in [0, 0.1) is 5.82 Å². The molecule has 3 nitrogen and oxygen atoms in total. The van der Waals surface area contributed by atoms with E-state index in [9.17, 15) is 9.50 Å². The van der Waals surface area contributed by atoms with Crippen molar-refractivity contribution in [1.29, 1.82) is 0 Å². The SMILES string of the molecule is OC1CCCCC1N1CCC(NCc2ccccc2F)CC1. The van der Waals surface area contributed by atoms with Crippen LogP contribution in [-0.4, -0.2) is 41.3 Å². The maximum Gasteiger partial charge on any atom is 0.127 e.